The molecule has 0 fully saturated rings. The van der Waals surface area contributed by atoms with Crippen LogP contribution in [0.5, 0.6) is 0 Å². The van der Waals surface area contributed by atoms with Crippen LogP contribution in [0, 0.1) is 0 Å². The molecular weight excluding hydrogens is 328 g/mol. The number of para-hydroxylation sites is 1. The van der Waals surface area contributed by atoms with Crippen LogP contribution < -0.4 is 9.47 Å². The molecule has 0 N–H and O–H groups in total. The molecule has 0 saturated carbocycles. The van der Waals surface area contributed by atoms with Crippen molar-refractivity contribution in [3.63, 3.8) is 0 Å². The summed E-state index contributed by atoms with van der Waals surface area (Å²) in [4.78, 5) is 2.40. The Bertz CT molecular complexity index is 1030. The number of aryl methyl sites for hydroxylation is 1. The molecule has 1 aromatic heterocycles. The summed E-state index contributed by atoms with van der Waals surface area (Å²) in [5.74, 6) is 0. The lowest BCUT2D eigenvalue weighted by Crippen LogP contribution is -2.36. The van der Waals surface area contributed by atoms with Crippen LogP contribution in [0.25, 0.3) is 23.1 Å². The molecule has 1 aliphatic rings. The van der Waals surface area contributed by atoms with E-state index in [4.69, 9.17) is 0 Å². The van der Waals surface area contributed by atoms with Gasteiger partial charge in [-0.25, -0.2) is 0 Å². The van der Waals surface area contributed by atoms with Crippen molar-refractivity contribution in [2.45, 2.75) is 45.7 Å². The first kappa shape index (κ1) is 17.8. The molecule has 2 nitrogen and oxygen atoms in total. The number of nitrogens with zero attached hydrogens (tertiary/aromatic N) is 2. The molecule has 0 bridgehead atoms. The minimum absolute atomic E-state index is 0.167. The standard InChI is InChI=1S/C25H29N2/c1-6-27-21(15-13-20-9-7-8-10-23(20)27)14-11-19-12-16-24-22(17-19)25(3,4)18(2)26(24)5/h7-18H,6H2,1-5H3/q+1/t18-/m1/s1. The Labute approximate surface area is 162 Å². The van der Waals surface area contributed by atoms with Crippen LogP contribution in [0.2, 0.25) is 0 Å². The van der Waals surface area contributed by atoms with Crippen LogP contribution in [0.1, 0.15) is 44.5 Å². The Kier molecular flexibility index (Phi) is 4.30. The number of rotatable bonds is 3. The molecule has 4 rings (SSSR count). The predicted octanol–water partition coefficient (Wildman–Crippen LogP) is 5.43. The van der Waals surface area contributed by atoms with Gasteiger partial charge in [0.2, 0.25) is 11.2 Å². The van der Waals surface area contributed by atoms with Crippen molar-refractivity contribution in [2.75, 3.05) is 11.9 Å². The van der Waals surface area contributed by atoms with E-state index >= 15 is 0 Å². The second-order valence-corrected chi connectivity index (χ2v) is 8.18. The number of hydrogen-bond acceptors (Lipinski definition) is 1. The predicted molar refractivity (Wildman–Crippen MR) is 116 cm³/mol. The van der Waals surface area contributed by atoms with Crippen molar-refractivity contribution in [1.82, 2.24) is 0 Å². The Morgan fingerprint density at radius 2 is 1.81 bits per heavy atom. The molecule has 2 aromatic carbocycles. The SMILES string of the molecule is CC[n+]1c(/C=C/c2ccc3c(c2)C(C)(C)[C@@H](C)N3C)ccc2ccccc21. The monoisotopic (exact) mass is 357 g/mol. The third kappa shape index (κ3) is 2.84. The number of fused-ring (bicyclic) bond motifs is 2. The van der Waals surface area contributed by atoms with Crippen molar-refractivity contribution in [3.8, 4) is 0 Å². The zero-order chi connectivity index (χ0) is 19.2. The maximum absolute atomic E-state index is 2.40. The number of anilines is 1. The number of pyridine rings is 1. The first-order valence-electron chi connectivity index (χ1n) is 9.90. The van der Waals surface area contributed by atoms with Gasteiger partial charge in [0.15, 0.2) is 0 Å². The minimum Gasteiger partial charge on any atom is -0.371 e. The average molecular weight is 358 g/mol. The number of benzene rings is 2. The zero-order valence-electron chi connectivity index (χ0n) is 17.0. The Hall–Kier alpha value is -2.61. The molecule has 138 valence electrons. The highest BCUT2D eigenvalue weighted by Crippen LogP contribution is 2.44. The second kappa shape index (κ2) is 6.53. The second-order valence-electron chi connectivity index (χ2n) is 8.18. The van der Waals surface area contributed by atoms with Gasteiger partial charge in [-0.3, -0.25) is 0 Å². The van der Waals surface area contributed by atoms with Gasteiger partial charge in [-0.1, -0.05) is 32.0 Å². The Morgan fingerprint density at radius 1 is 1.04 bits per heavy atom. The Morgan fingerprint density at radius 3 is 2.59 bits per heavy atom. The average Bonchev–Trinajstić information content (AvgIpc) is 2.86. The number of hydrogen-bond donors (Lipinski definition) is 0. The fraction of sp³-hybridized carbons (Fsp3) is 0.320. The molecule has 2 heteroatoms. The maximum Gasteiger partial charge on any atom is 0.212 e. The van der Waals surface area contributed by atoms with Crippen LogP contribution in [0.3, 0.4) is 0 Å². The topological polar surface area (TPSA) is 7.12 Å². The van der Waals surface area contributed by atoms with Crippen LogP contribution in [-0.4, -0.2) is 13.1 Å². The van der Waals surface area contributed by atoms with Crippen LogP contribution >= 0.6 is 0 Å². The van der Waals surface area contributed by atoms with Crippen molar-refractivity contribution < 1.29 is 4.57 Å². The Balaban J connectivity index is 1.73. The first-order chi connectivity index (χ1) is 12.9. The molecule has 0 spiro atoms. The van der Waals surface area contributed by atoms with Gasteiger partial charge >= 0.3 is 0 Å². The van der Waals surface area contributed by atoms with Gasteiger partial charge < -0.3 is 4.90 Å². The van der Waals surface area contributed by atoms with E-state index in [1.807, 2.05) is 0 Å². The van der Waals surface area contributed by atoms with Crippen molar-refractivity contribution in [3.05, 3.63) is 71.4 Å². The molecule has 0 amide bonds. The lowest BCUT2D eigenvalue weighted by atomic mass is 9.81. The van der Waals surface area contributed by atoms with Crippen molar-refractivity contribution in [2.24, 2.45) is 0 Å². The zero-order valence-corrected chi connectivity index (χ0v) is 17.0. The highest BCUT2D eigenvalue weighted by molar-refractivity contribution is 5.78. The van der Waals surface area contributed by atoms with Crippen molar-refractivity contribution >= 4 is 28.7 Å². The summed E-state index contributed by atoms with van der Waals surface area (Å²) in [5, 5.41) is 1.29. The molecule has 0 saturated heterocycles. The maximum atomic E-state index is 2.40. The number of likely N-dealkylation sites (N-methyl/N-ethyl adjacent to an activating group) is 1. The third-order valence-electron chi connectivity index (χ3n) is 6.46. The van der Waals surface area contributed by atoms with Gasteiger partial charge in [-0.2, -0.15) is 4.57 Å². The van der Waals surface area contributed by atoms with E-state index < -0.39 is 0 Å². The molecule has 1 atom stereocenters. The molecule has 1 aliphatic heterocycles. The minimum atomic E-state index is 0.167. The van der Waals surface area contributed by atoms with Crippen LogP contribution in [-0.2, 0) is 12.0 Å². The van der Waals surface area contributed by atoms with Crippen molar-refractivity contribution in [1.29, 1.82) is 0 Å². The lowest BCUT2D eigenvalue weighted by Gasteiger charge is -2.28. The molecule has 2 heterocycles. The molecule has 0 aliphatic carbocycles. The van der Waals surface area contributed by atoms with Gasteiger partial charge in [0.1, 0.15) is 6.54 Å². The van der Waals surface area contributed by atoms with Gasteiger partial charge in [0.25, 0.3) is 0 Å². The third-order valence-corrected chi connectivity index (χ3v) is 6.46. The largest absolute Gasteiger partial charge is 0.371 e. The summed E-state index contributed by atoms with van der Waals surface area (Å²) in [6, 6.07) is 20.4. The van der Waals surface area contributed by atoms with E-state index in [-0.39, 0.29) is 5.41 Å². The quantitative estimate of drug-likeness (QED) is 0.567. The highest BCUT2D eigenvalue weighted by atomic mass is 15.2. The van der Waals surface area contributed by atoms with E-state index in [9.17, 15) is 0 Å². The highest BCUT2D eigenvalue weighted by Gasteiger charge is 2.39. The van der Waals surface area contributed by atoms with E-state index in [0.717, 1.165) is 6.54 Å². The fourth-order valence-electron chi connectivity index (χ4n) is 4.36. The first-order valence-corrected chi connectivity index (χ1v) is 9.90. The van der Waals surface area contributed by atoms with Crippen LogP contribution in [0.4, 0.5) is 5.69 Å². The summed E-state index contributed by atoms with van der Waals surface area (Å²) in [6.45, 7) is 10.2. The van der Waals surface area contributed by atoms with E-state index in [1.54, 1.807) is 0 Å². The molecule has 0 radical (unpaired) electrons. The van der Waals surface area contributed by atoms with Crippen LogP contribution in [0.15, 0.2) is 54.6 Å². The van der Waals surface area contributed by atoms with E-state index in [2.05, 4.69) is 111 Å². The van der Waals surface area contributed by atoms with E-state index in [0.29, 0.717) is 6.04 Å². The molecule has 0 unspecified atom stereocenters. The van der Waals surface area contributed by atoms with Gasteiger partial charge in [-0.05, 0) is 55.3 Å². The summed E-state index contributed by atoms with van der Waals surface area (Å²) >= 11 is 0. The summed E-state index contributed by atoms with van der Waals surface area (Å²) in [5.41, 5.74) is 6.76. The number of aromatic nitrogens is 1. The summed E-state index contributed by atoms with van der Waals surface area (Å²) < 4.78 is 2.37. The van der Waals surface area contributed by atoms with Gasteiger partial charge in [0.05, 0.1) is 0 Å². The van der Waals surface area contributed by atoms with Gasteiger partial charge in [-0.15, -0.1) is 0 Å². The normalized spacial score (nSPS) is 18.4. The summed E-state index contributed by atoms with van der Waals surface area (Å²) in [7, 11) is 2.20. The molecular formula is C25H29N2+. The van der Waals surface area contributed by atoms with Gasteiger partial charge in [0, 0.05) is 47.8 Å². The summed E-state index contributed by atoms with van der Waals surface area (Å²) in [6.07, 6.45) is 4.49. The lowest BCUT2D eigenvalue weighted by molar-refractivity contribution is -0.669. The smallest absolute Gasteiger partial charge is 0.212 e. The fourth-order valence-corrected chi connectivity index (χ4v) is 4.36. The molecule has 27 heavy (non-hydrogen) atoms. The molecule has 3 aromatic rings. The van der Waals surface area contributed by atoms with E-state index in [1.165, 1.54) is 33.4 Å².